The molecule has 0 aliphatic rings. The number of halogens is 2. The van der Waals surface area contributed by atoms with Gasteiger partial charge in [0.25, 0.3) is 0 Å². The summed E-state index contributed by atoms with van der Waals surface area (Å²) in [7, 11) is -3.68. The zero-order chi connectivity index (χ0) is 15.7. The molecular formula is C15H12Cl2N2O2S. The van der Waals surface area contributed by atoms with E-state index >= 15 is 0 Å². The molecule has 0 saturated heterocycles. The summed E-state index contributed by atoms with van der Waals surface area (Å²) in [5.41, 5.74) is 1.83. The number of para-hydroxylation sites is 1. The molecule has 1 aromatic heterocycles. The van der Waals surface area contributed by atoms with Gasteiger partial charge in [0, 0.05) is 33.7 Å². The fraction of sp³-hybridized carbons (Fsp3) is 0.0667. The molecule has 0 unspecified atom stereocenters. The molecule has 0 fully saturated rings. The van der Waals surface area contributed by atoms with E-state index in [0.29, 0.717) is 0 Å². The van der Waals surface area contributed by atoms with E-state index in [9.17, 15) is 8.42 Å². The quantitative estimate of drug-likeness (QED) is 0.744. The van der Waals surface area contributed by atoms with Gasteiger partial charge in [-0.2, -0.15) is 0 Å². The Morgan fingerprint density at radius 1 is 1.05 bits per heavy atom. The third kappa shape index (κ3) is 3.13. The van der Waals surface area contributed by atoms with Crippen LogP contribution < -0.4 is 4.72 Å². The lowest BCUT2D eigenvalue weighted by Gasteiger charge is -2.07. The molecule has 0 aliphatic carbocycles. The lowest BCUT2D eigenvalue weighted by Crippen LogP contribution is -2.23. The maximum Gasteiger partial charge on any atom is 0.240 e. The molecule has 0 amide bonds. The maximum atomic E-state index is 12.3. The summed E-state index contributed by atoms with van der Waals surface area (Å²) < 4.78 is 27.2. The molecular weight excluding hydrogens is 343 g/mol. The Hall–Kier alpha value is -1.53. The van der Waals surface area contributed by atoms with E-state index in [1.165, 1.54) is 18.2 Å². The molecule has 114 valence electrons. The number of aromatic nitrogens is 1. The number of benzene rings is 2. The van der Waals surface area contributed by atoms with Crippen molar-refractivity contribution in [1.29, 1.82) is 0 Å². The predicted octanol–water partition coefficient (Wildman–Crippen LogP) is 3.95. The van der Waals surface area contributed by atoms with Gasteiger partial charge in [-0.1, -0.05) is 41.4 Å². The molecule has 0 saturated carbocycles. The third-order valence-electron chi connectivity index (χ3n) is 3.27. The Kier molecular flexibility index (Phi) is 4.14. The van der Waals surface area contributed by atoms with E-state index in [2.05, 4.69) is 9.71 Å². The van der Waals surface area contributed by atoms with Crippen LogP contribution in [0, 0.1) is 0 Å². The van der Waals surface area contributed by atoms with Crippen molar-refractivity contribution in [3.8, 4) is 0 Å². The van der Waals surface area contributed by atoms with Gasteiger partial charge in [0.1, 0.15) is 0 Å². The van der Waals surface area contributed by atoms with Crippen molar-refractivity contribution in [3.63, 3.8) is 0 Å². The van der Waals surface area contributed by atoms with Crippen molar-refractivity contribution in [2.24, 2.45) is 0 Å². The van der Waals surface area contributed by atoms with E-state index in [1.54, 1.807) is 6.20 Å². The number of fused-ring (bicyclic) bond motifs is 1. The molecule has 1 heterocycles. The second-order valence-electron chi connectivity index (χ2n) is 4.79. The van der Waals surface area contributed by atoms with Crippen molar-refractivity contribution in [2.75, 3.05) is 0 Å². The first-order chi connectivity index (χ1) is 10.5. The van der Waals surface area contributed by atoms with Crippen LogP contribution in [0.5, 0.6) is 0 Å². The SMILES string of the molecule is O=S(=O)(NCc1c[nH]c2ccccc12)c1cc(Cl)cc(Cl)c1. The number of nitrogens with one attached hydrogen (secondary N) is 2. The van der Waals surface area contributed by atoms with Gasteiger partial charge in [0.15, 0.2) is 0 Å². The topological polar surface area (TPSA) is 62.0 Å². The van der Waals surface area contributed by atoms with E-state index in [4.69, 9.17) is 23.2 Å². The van der Waals surface area contributed by atoms with Crippen molar-refractivity contribution >= 4 is 44.1 Å². The summed E-state index contributed by atoms with van der Waals surface area (Å²) in [6, 6.07) is 11.9. The molecule has 4 nitrogen and oxygen atoms in total. The highest BCUT2D eigenvalue weighted by Gasteiger charge is 2.16. The fourth-order valence-electron chi connectivity index (χ4n) is 2.22. The number of rotatable bonds is 4. The normalized spacial score (nSPS) is 11.9. The summed E-state index contributed by atoms with van der Waals surface area (Å²) in [4.78, 5) is 3.15. The van der Waals surface area contributed by atoms with Crippen molar-refractivity contribution < 1.29 is 8.42 Å². The van der Waals surface area contributed by atoms with Crippen molar-refractivity contribution in [1.82, 2.24) is 9.71 Å². The zero-order valence-corrected chi connectivity index (χ0v) is 13.6. The lowest BCUT2D eigenvalue weighted by atomic mass is 10.2. The van der Waals surface area contributed by atoms with Gasteiger partial charge in [0.2, 0.25) is 10.0 Å². The van der Waals surface area contributed by atoms with Crippen LogP contribution in [-0.4, -0.2) is 13.4 Å². The standard InChI is InChI=1S/C15H12Cl2N2O2S/c16-11-5-12(17)7-13(6-11)22(20,21)19-9-10-8-18-15-4-2-1-3-14(10)15/h1-8,18-19H,9H2. The summed E-state index contributed by atoms with van der Waals surface area (Å²) in [5, 5.41) is 1.54. The first-order valence-corrected chi connectivity index (χ1v) is 8.70. The summed E-state index contributed by atoms with van der Waals surface area (Å²) in [6.07, 6.45) is 1.79. The highest BCUT2D eigenvalue weighted by Crippen LogP contribution is 2.23. The van der Waals surface area contributed by atoms with Crippen LogP contribution in [-0.2, 0) is 16.6 Å². The van der Waals surface area contributed by atoms with E-state index in [0.717, 1.165) is 16.5 Å². The Bertz CT molecular complexity index is 915. The minimum Gasteiger partial charge on any atom is -0.361 e. The van der Waals surface area contributed by atoms with E-state index in [1.807, 2.05) is 24.3 Å². The molecule has 7 heteroatoms. The van der Waals surface area contributed by atoms with Gasteiger partial charge >= 0.3 is 0 Å². The van der Waals surface area contributed by atoms with Crippen LogP contribution in [0.4, 0.5) is 0 Å². The summed E-state index contributed by atoms with van der Waals surface area (Å²) in [5.74, 6) is 0. The summed E-state index contributed by atoms with van der Waals surface area (Å²) >= 11 is 11.7. The smallest absolute Gasteiger partial charge is 0.240 e. The third-order valence-corrected chi connectivity index (χ3v) is 5.09. The summed E-state index contributed by atoms with van der Waals surface area (Å²) in [6.45, 7) is 0.177. The van der Waals surface area contributed by atoms with E-state index in [-0.39, 0.29) is 21.5 Å². The van der Waals surface area contributed by atoms with Crippen LogP contribution in [0.15, 0.2) is 53.6 Å². The van der Waals surface area contributed by atoms with Gasteiger partial charge in [-0.25, -0.2) is 13.1 Å². The highest BCUT2D eigenvalue weighted by molar-refractivity contribution is 7.89. The molecule has 22 heavy (non-hydrogen) atoms. The minimum atomic E-state index is -3.68. The van der Waals surface area contributed by atoms with Crippen LogP contribution in [0.2, 0.25) is 10.0 Å². The molecule has 0 spiro atoms. The molecule has 2 N–H and O–H groups in total. The second kappa shape index (κ2) is 5.93. The average molecular weight is 355 g/mol. The van der Waals surface area contributed by atoms with E-state index < -0.39 is 10.0 Å². The molecule has 0 bridgehead atoms. The maximum absolute atomic E-state index is 12.3. The van der Waals surface area contributed by atoms with Crippen LogP contribution >= 0.6 is 23.2 Å². The number of H-pyrrole nitrogens is 1. The Balaban J connectivity index is 1.86. The number of sulfonamides is 1. The van der Waals surface area contributed by atoms with Crippen molar-refractivity contribution in [2.45, 2.75) is 11.4 Å². The first-order valence-electron chi connectivity index (χ1n) is 6.46. The molecule has 0 aliphatic heterocycles. The molecule has 0 atom stereocenters. The van der Waals surface area contributed by atoms with Crippen molar-refractivity contribution in [3.05, 3.63) is 64.3 Å². The number of hydrogen-bond donors (Lipinski definition) is 2. The fourth-order valence-corrected chi connectivity index (χ4v) is 3.95. The Morgan fingerprint density at radius 2 is 1.73 bits per heavy atom. The van der Waals surface area contributed by atoms with Gasteiger partial charge < -0.3 is 4.98 Å². The number of hydrogen-bond acceptors (Lipinski definition) is 2. The zero-order valence-electron chi connectivity index (χ0n) is 11.3. The lowest BCUT2D eigenvalue weighted by molar-refractivity contribution is 0.581. The largest absolute Gasteiger partial charge is 0.361 e. The second-order valence-corrected chi connectivity index (χ2v) is 7.43. The van der Waals surface area contributed by atoms with Gasteiger partial charge in [-0.05, 0) is 29.8 Å². The van der Waals surface area contributed by atoms with Gasteiger partial charge in [-0.15, -0.1) is 0 Å². The van der Waals surface area contributed by atoms with Crippen LogP contribution in [0.3, 0.4) is 0 Å². The van der Waals surface area contributed by atoms with Crippen LogP contribution in [0.1, 0.15) is 5.56 Å². The predicted molar refractivity (Wildman–Crippen MR) is 88.8 cm³/mol. The Labute approximate surface area is 138 Å². The molecule has 3 aromatic rings. The molecule has 3 rings (SSSR count). The van der Waals surface area contributed by atoms with Crippen LogP contribution in [0.25, 0.3) is 10.9 Å². The monoisotopic (exact) mass is 354 g/mol. The molecule has 0 radical (unpaired) electrons. The highest BCUT2D eigenvalue weighted by atomic mass is 35.5. The molecule has 2 aromatic carbocycles. The average Bonchev–Trinajstić information content (AvgIpc) is 2.87. The Morgan fingerprint density at radius 3 is 2.45 bits per heavy atom. The number of aromatic amines is 1. The first kappa shape index (κ1) is 15.4. The van der Waals surface area contributed by atoms with Gasteiger partial charge in [0.05, 0.1) is 4.90 Å². The minimum absolute atomic E-state index is 0.0461. The van der Waals surface area contributed by atoms with Gasteiger partial charge in [-0.3, -0.25) is 0 Å².